The van der Waals surface area contributed by atoms with Crippen LogP contribution in [-0.4, -0.2) is 28.4 Å². The Hall–Kier alpha value is -0.640. The molecular formula is C13H24N2OS. The molecule has 0 aliphatic carbocycles. The van der Waals surface area contributed by atoms with E-state index in [4.69, 9.17) is 18.0 Å². The number of nitrogens with two attached hydrogens (primary N) is 1. The molecule has 1 aliphatic rings. The summed E-state index contributed by atoms with van der Waals surface area (Å²) in [5, 5.41) is 0. The summed E-state index contributed by atoms with van der Waals surface area (Å²) in [6.45, 7) is 7.25. The fourth-order valence-electron chi connectivity index (χ4n) is 2.52. The molecule has 1 fully saturated rings. The van der Waals surface area contributed by atoms with E-state index in [1.54, 1.807) is 0 Å². The van der Waals surface area contributed by atoms with Gasteiger partial charge in [0.05, 0.1) is 10.9 Å². The van der Waals surface area contributed by atoms with E-state index in [1.165, 1.54) is 6.42 Å². The number of carbonyl (C=O) groups is 1. The van der Waals surface area contributed by atoms with E-state index < -0.39 is 0 Å². The average molecular weight is 256 g/mol. The predicted octanol–water partition coefficient (Wildman–Crippen LogP) is 2.34. The van der Waals surface area contributed by atoms with Crippen molar-refractivity contribution in [1.82, 2.24) is 4.90 Å². The molecule has 0 spiro atoms. The smallest absolute Gasteiger partial charge is 0.232 e. The molecule has 3 atom stereocenters. The number of piperidine rings is 1. The third-order valence-corrected chi connectivity index (χ3v) is 4.16. The Kier molecular flexibility index (Phi) is 5.37. The highest BCUT2D eigenvalue weighted by Gasteiger charge is 2.33. The van der Waals surface area contributed by atoms with Crippen LogP contribution in [0.5, 0.6) is 0 Å². The van der Waals surface area contributed by atoms with Gasteiger partial charge >= 0.3 is 0 Å². The molecule has 0 bridgehead atoms. The number of thiocarbonyl (C=S) groups is 1. The van der Waals surface area contributed by atoms with Crippen LogP contribution in [0.3, 0.4) is 0 Å². The van der Waals surface area contributed by atoms with Gasteiger partial charge in [-0.05, 0) is 32.1 Å². The highest BCUT2D eigenvalue weighted by molar-refractivity contribution is 7.80. The normalized spacial score (nSPS) is 26.6. The second kappa shape index (κ2) is 6.34. The van der Waals surface area contributed by atoms with Crippen molar-refractivity contribution in [1.29, 1.82) is 0 Å². The minimum absolute atomic E-state index is 0.137. The van der Waals surface area contributed by atoms with E-state index in [0.29, 0.717) is 16.9 Å². The second-order valence-corrected chi connectivity index (χ2v) is 5.61. The van der Waals surface area contributed by atoms with Gasteiger partial charge < -0.3 is 10.6 Å². The number of amides is 1. The van der Waals surface area contributed by atoms with Crippen molar-refractivity contribution in [3.8, 4) is 0 Å². The molecule has 3 unspecified atom stereocenters. The van der Waals surface area contributed by atoms with Crippen molar-refractivity contribution in [3.63, 3.8) is 0 Å². The predicted molar refractivity (Wildman–Crippen MR) is 74.8 cm³/mol. The maximum absolute atomic E-state index is 12.4. The Morgan fingerprint density at radius 3 is 2.71 bits per heavy atom. The summed E-state index contributed by atoms with van der Waals surface area (Å²) in [6, 6.07) is 0.310. The van der Waals surface area contributed by atoms with E-state index in [0.717, 1.165) is 25.8 Å². The number of nitrogens with zero attached hydrogens (tertiary/aromatic N) is 1. The van der Waals surface area contributed by atoms with Crippen LogP contribution in [0.15, 0.2) is 0 Å². The van der Waals surface area contributed by atoms with Crippen molar-refractivity contribution in [2.24, 2.45) is 17.6 Å². The third kappa shape index (κ3) is 3.41. The molecular weight excluding hydrogens is 232 g/mol. The van der Waals surface area contributed by atoms with Crippen molar-refractivity contribution in [2.75, 3.05) is 6.54 Å². The molecule has 2 N–H and O–H groups in total. The highest BCUT2D eigenvalue weighted by Crippen LogP contribution is 2.25. The fourth-order valence-corrected chi connectivity index (χ4v) is 2.74. The molecule has 0 radical (unpaired) electrons. The summed E-state index contributed by atoms with van der Waals surface area (Å²) in [6.07, 6.45) is 4.00. The highest BCUT2D eigenvalue weighted by atomic mass is 32.1. The lowest BCUT2D eigenvalue weighted by atomic mass is 9.90. The first kappa shape index (κ1) is 14.4. The molecule has 4 heteroatoms. The summed E-state index contributed by atoms with van der Waals surface area (Å²) >= 11 is 5.03. The monoisotopic (exact) mass is 256 g/mol. The van der Waals surface area contributed by atoms with Gasteiger partial charge in [-0.25, -0.2) is 0 Å². The first-order valence-electron chi connectivity index (χ1n) is 6.58. The van der Waals surface area contributed by atoms with Crippen molar-refractivity contribution < 1.29 is 4.79 Å². The van der Waals surface area contributed by atoms with Gasteiger partial charge in [0.1, 0.15) is 0 Å². The van der Waals surface area contributed by atoms with Gasteiger partial charge in [-0.2, -0.15) is 0 Å². The van der Waals surface area contributed by atoms with Gasteiger partial charge in [0.25, 0.3) is 0 Å². The SMILES string of the molecule is CCCC(C(=O)N1CCCC(C)C1C)C(N)=S. The van der Waals surface area contributed by atoms with Gasteiger partial charge in [-0.3, -0.25) is 4.79 Å². The summed E-state index contributed by atoms with van der Waals surface area (Å²) in [5.41, 5.74) is 5.69. The Balaban J connectivity index is 2.75. The molecule has 1 rings (SSSR count). The van der Waals surface area contributed by atoms with Crippen LogP contribution in [0.25, 0.3) is 0 Å². The molecule has 1 amide bonds. The Morgan fingerprint density at radius 2 is 2.18 bits per heavy atom. The van der Waals surface area contributed by atoms with Gasteiger partial charge in [0, 0.05) is 12.6 Å². The minimum atomic E-state index is -0.261. The standard InChI is InChI=1S/C13H24N2OS/c1-4-6-11(12(14)17)13(16)15-8-5-7-9(2)10(15)3/h9-11H,4-8H2,1-3H3,(H2,14,17). The first-order valence-corrected chi connectivity index (χ1v) is 6.99. The molecule has 1 heterocycles. The fraction of sp³-hybridized carbons (Fsp3) is 0.846. The summed E-state index contributed by atoms with van der Waals surface area (Å²) in [4.78, 5) is 14.8. The number of rotatable bonds is 4. The van der Waals surface area contributed by atoms with Crippen molar-refractivity contribution in [3.05, 3.63) is 0 Å². The maximum Gasteiger partial charge on any atom is 0.232 e. The molecule has 3 nitrogen and oxygen atoms in total. The second-order valence-electron chi connectivity index (χ2n) is 5.14. The van der Waals surface area contributed by atoms with Crippen LogP contribution >= 0.6 is 12.2 Å². The molecule has 0 aromatic rings. The van der Waals surface area contributed by atoms with Crippen molar-refractivity contribution in [2.45, 2.75) is 52.5 Å². The summed E-state index contributed by atoms with van der Waals surface area (Å²) in [5.74, 6) is 0.447. The number of hydrogen-bond donors (Lipinski definition) is 1. The van der Waals surface area contributed by atoms with Gasteiger partial charge in [-0.15, -0.1) is 0 Å². The quantitative estimate of drug-likeness (QED) is 0.785. The number of carbonyl (C=O) groups excluding carboxylic acids is 1. The average Bonchev–Trinajstić information content (AvgIpc) is 2.28. The third-order valence-electron chi connectivity index (χ3n) is 3.88. The molecule has 17 heavy (non-hydrogen) atoms. The van der Waals surface area contributed by atoms with Gasteiger partial charge in [0.2, 0.25) is 5.91 Å². The van der Waals surface area contributed by atoms with E-state index in [2.05, 4.69) is 20.8 Å². The van der Waals surface area contributed by atoms with Crippen LogP contribution in [-0.2, 0) is 4.79 Å². The summed E-state index contributed by atoms with van der Waals surface area (Å²) in [7, 11) is 0. The Labute approximate surface area is 110 Å². The number of likely N-dealkylation sites (tertiary alicyclic amines) is 1. The van der Waals surface area contributed by atoms with Crippen LogP contribution in [0.1, 0.15) is 46.5 Å². The molecule has 0 aromatic carbocycles. The molecule has 98 valence electrons. The van der Waals surface area contributed by atoms with Gasteiger partial charge in [-0.1, -0.05) is 32.5 Å². The molecule has 0 aromatic heterocycles. The maximum atomic E-state index is 12.4. The lowest BCUT2D eigenvalue weighted by molar-refractivity contribution is -0.138. The Bertz CT molecular complexity index is 293. The van der Waals surface area contributed by atoms with E-state index in [9.17, 15) is 4.79 Å². The van der Waals surface area contributed by atoms with Crippen LogP contribution in [0.2, 0.25) is 0 Å². The zero-order valence-corrected chi connectivity index (χ0v) is 11.9. The van der Waals surface area contributed by atoms with E-state index in [-0.39, 0.29) is 11.8 Å². The Morgan fingerprint density at radius 1 is 1.53 bits per heavy atom. The van der Waals surface area contributed by atoms with Crippen LogP contribution < -0.4 is 5.73 Å². The number of hydrogen-bond acceptors (Lipinski definition) is 2. The zero-order valence-electron chi connectivity index (χ0n) is 11.1. The first-order chi connectivity index (χ1) is 7.99. The van der Waals surface area contributed by atoms with E-state index >= 15 is 0 Å². The van der Waals surface area contributed by atoms with Crippen molar-refractivity contribution >= 4 is 23.1 Å². The lowest BCUT2D eigenvalue weighted by Crippen LogP contribution is -2.50. The van der Waals surface area contributed by atoms with Gasteiger partial charge in [0.15, 0.2) is 0 Å². The topological polar surface area (TPSA) is 46.3 Å². The van der Waals surface area contributed by atoms with Crippen LogP contribution in [0, 0.1) is 11.8 Å². The largest absolute Gasteiger partial charge is 0.393 e. The summed E-state index contributed by atoms with van der Waals surface area (Å²) < 4.78 is 0. The molecule has 1 aliphatic heterocycles. The van der Waals surface area contributed by atoms with E-state index in [1.807, 2.05) is 4.90 Å². The lowest BCUT2D eigenvalue weighted by Gasteiger charge is -2.39. The molecule has 0 saturated carbocycles. The van der Waals surface area contributed by atoms with Crippen LogP contribution in [0.4, 0.5) is 0 Å². The zero-order chi connectivity index (χ0) is 13.0. The molecule has 1 saturated heterocycles. The minimum Gasteiger partial charge on any atom is -0.393 e.